The molecule has 150 valence electrons. The summed E-state index contributed by atoms with van der Waals surface area (Å²) in [7, 11) is 0. The fraction of sp³-hybridized carbons (Fsp3) is 0.350. The summed E-state index contributed by atoms with van der Waals surface area (Å²) in [6.45, 7) is 7.84. The van der Waals surface area contributed by atoms with Gasteiger partial charge in [-0.15, -0.1) is 0 Å². The number of hydrogen-bond acceptors (Lipinski definition) is 6. The van der Waals surface area contributed by atoms with E-state index >= 15 is 0 Å². The maximum absolute atomic E-state index is 13.1. The third kappa shape index (κ3) is 3.63. The first-order valence-electron chi connectivity index (χ1n) is 9.70. The molecule has 0 radical (unpaired) electrons. The van der Waals surface area contributed by atoms with Crippen molar-refractivity contribution in [3.8, 4) is 11.4 Å². The summed E-state index contributed by atoms with van der Waals surface area (Å²) in [5, 5.41) is 16.4. The molecule has 1 amide bonds. The second-order valence-electron chi connectivity index (χ2n) is 6.79. The average molecular weight is 393 g/mol. The number of aromatic nitrogens is 6. The lowest BCUT2D eigenvalue weighted by Gasteiger charge is -2.09. The maximum atomic E-state index is 13.1. The van der Waals surface area contributed by atoms with Crippen LogP contribution in [0, 0.1) is 6.92 Å². The highest BCUT2D eigenvalue weighted by Crippen LogP contribution is 2.26. The van der Waals surface area contributed by atoms with E-state index in [-0.39, 0.29) is 5.91 Å². The molecule has 9 nitrogen and oxygen atoms in total. The standard InChI is InChI=1S/C20H23N7O2/c1-4-9-27-14(6-8-22-27)12-21-19(28)15-11-17(16-7-10-26(5-2)24-16)23-20-18(15)13(3)25-29-20/h6-8,10-11H,4-5,9,12H2,1-3H3,(H,21,28). The lowest BCUT2D eigenvalue weighted by atomic mass is 10.1. The minimum absolute atomic E-state index is 0.218. The Morgan fingerprint density at radius 1 is 1.24 bits per heavy atom. The molecule has 4 aromatic heterocycles. The summed E-state index contributed by atoms with van der Waals surface area (Å²) in [6.07, 6.45) is 4.59. The Hall–Kier alpha value is -3.49. The fourth-order valence-corrected chi connectivity index (χ4v) is 3.27. The van der Waals surface area contributed by atoms with Crippen molar-refractivity contribution in [1.82, 2.24) is 35.0 Å². The Morgan fingerprint density at radius 3 is 2.86 bits per heavy atom. The van der Waals surface area contributed by atoms with Crippen LogP contribution in [-0.4, -0.2) is 35.6 Å². The van der Waals surface area contributed by atoms with Gasteiger partial charge in [-0.25, -0.2) is 4.98 Å². The summed E-state index contributed by atoms with van der Waals surface area (Å²) < 4.78 is 9.05. The largest absolute Gasteiger partial charge is 0.346 e. The zero-order valence-corrected chi connectivity index (χ0v) is 16.7. The molecule has 0 aliphatic heterocycles. The van der Waals surface area contributed by atoms with Crippen LogP contribution >= 0.6 is 0 Å². The first-order chi connectivity index (χ1) is 14.1. The van der Waals surface area contributed by atoms with Crippen molar-refractivity contribution in [2.45, 2.75) is 46.8 Å². The lowest BCUT2D eigenvalue weighted by Crippen LogP contribution is -2.25. The number of aryl methyl sites for hydroxylation is 3. The zero-order chi connectivity index (χ0) is 20.4. The molecule has 0 aliphatic rings. The number of carbonyl (C=O) groups excluding carboxylic acids is 1. The number of pyridine rings is 1. The van der Waals surface area contributed by atoms with Crippen LogP contribution in [0.5, 0.6) is 0 Å². The van der Waals surface area contributed by atoms with Crippen LogP contribution in [0.1, 0.15) is 42.0 Å². The van der Waals surface area contributed by atoms with Gasteiger partial charge in [-0.05, 0) is 38.5 Å². The van der Waals surface area contributed by atoms with E-state index < -0.39 is 0 Å². The van der Waals surface area contributed by atoms with Gasteiger partial charge in [0.25, 0.3) is 11.6 Å². The van der Waals surface area contributed by atoms with Gasteiger partial charge in [0.2, 0.25) is 0 Å². The summed E-state index contributed by atoms with van der Waals surface area (Å²) in [4.78, 5) is 17.6. The summed E-state index contributed by atoms with van der Waals surface area (Å²) in [5.74, 6) is -0.218. The van der Waals surface area contributed by atoms with Crippen molar-refractivity contribution in [3.63, 3.8) is 0 Å². The molecule has 4 heterocycles. The van der Waals surface area contributed by atoms with Gasteiger partial charge in [0.05, 0.1) is 34.6 Å². The van der Waals surface area contributed by atoms with Gasteiger partial charge in [0.1, 0.15) is 5.69 Å². The average Bonchev–Trinajstić information content (AvgIpc) is 3.46. The van der Waals surface area contributed by atoms with Crippen LogP contribution in [0.25, 0.3) is 22.5 Å². The zero-order valence-electron chi connectivity index (χ0n) is 16.7. The highest BCUT2D eigenvalue weighted by atomic mass is 16.5. The molecule has 0 aromatic carbocycles. The molecule has 0 bridgehead atoms. The van der Waals surface area contributed by atoms with E-state index in [9.17, 15) is 4.79 Å². The minimum atomic E-state index is -0.218. The maximum Gasteiger partial charge on any atom is 0.259 e. The number of hydrogen-bond donors (Lipinski definition) is 1. The molecule has 1 N–H and O–H groups in total. The number of fused-ring (bicyclic) bond motifs is 1. The molecule has 4 aromatic rings. The first kappa shape index (κ1) is 18.9. The quantitative estimate of drug-likeness (QED) is 0.518. The van der Waals surface area contributed by atoms with Crippen molar-refractivity contribution in [2.75, 3.05) is 0 Å². The molecule has 0 spiro atoms. The van der Waals surface area contributed by atoms with E-state index in [2.05, 4.69) is 32.6 Å². The van der Waals surface area contributed by atoms with E-state index in [4.69, 9.17) is 4.52 Å². The van der Waals surface area contributed by atoms with Gasteiger partial charge in [0.15, 0.2) is 0 Å². The molecule has 4 rings (SSSR count). The summed E-state index contributed by atoms with van der Waals surface area (Å²) in [5.41, 5.74) is 3.62. The Kier molecular flexibility index (Phi) is 5.11. The summed E-state index contributed by atoms with van der Waals surface area (Å²) >= 11 is 0. The topological polar surface area (TPSA) is 104 Å². The van der Waals surface area contributed by atoms with Crippen LogP contribution in [0.3, 0.4) is 0 Å². The Balaban J connectivity index is 1.66. The highest BCUT2D eigenvalue weighted by molar-refractivity contribution is 6.06. The second kappa shape index (κ2) is 7.86. The van der Waals surface area contributed by atoms with Crippen molar-refractivity contribution >= 4 is 17.0 Å². The second-order valence-corrected chi connectivity index (χ2v) is 6.79. The molecular formula is C20H23N7O2. The smallest absolute Gasteiger partial charge is 0.259 e. The molecule has 0 saturated carbocycles. The molecule has 0 atom stereocenters. The molecule has 0 aliphatic carbocycles. The number of carbonyl (C=O) groups is 1. The molecule has 0 saturated heterocycles. The number of rotatable bonds is 7. The normalized spacial score (nSPS) is 11.3. The van der Waals surface area contributed by atoms with Crippen LogP contribution in [0.2, 0.25) is 0 Å². The number of amides is 1. The third-order valence-corrected chi connectivity index (χ3v) is 4.76. The number of nitrogens with zero attached hydrogens (tertiary/aromatic N) is 6. The van der Waals surface area contributed by atoms with Crippen LogP contribution in [0.15, 0.2) is 35.1 Å². The van der Waals surface area contributed by atoms with Crippen molar-refractivity contribution in [2.24, 2.45) is 0 Å². The fourth-order valence-electron chi connectivity index (χ4n) is 3.27. The Morgan fingerprint density at radius 2 is 2.10 bits per heavy atom. The monoisotopic (exact) mass is 393 g/mol. The summed E-state index contributed by atoms with van der Waals surface area (Å²) in [6, 6.07) is 5.52. The Bertz CT molecular complexity index is 1150. The van der Waals surface area contributed by atoms with E-state index in [0.29, 0.717) is 40.3 Å². The molecule has 9 heteroatoms. The molecular weight excluding hydrogens is 370 g/mol. The predicted octanol–water partition coefficient (Wildman–Crippen LogP) is 2.95. The van der Waals surface area contributed by atoms with Gasteiger partial charge >= 0.3 is 0 Å². The number of nitrogens with one attached hydrogen (secondary N) is 1. The highest BCUT2D eigenvalue weighted by Gasteiger charge is 2.20. The van der Waals surface area contributed by atoms with Gasteiger partial charge in [-0.1, -0.05) is 12.1 Å². The van der Waals surface area contributed by atoms with Gasteiger partial charge in [0, 0.05) is 25.5 Å². The molecule has 29 heavy (non-hydrogen) atoms. The van der Waals surface area contributed by atoms with Crippen molar-refractivity contribution in [3.05, 3.63) is 47.5 Å². The first-order valence-corrected chi connectivity index (χ1v) is 9.70. The van der Waals surface area contributed by atoms with Crippen LogP contribution in [-0.2, 0) is 19.6 Å². The predicted molar refractivity (Wildman–Crippen MR) is 107 cm³/mol. The van der Waals surface area contributed by atoms with Crippen molar-refractivity contribution < 1.29 is 9.32 Å². The van der Waals surface area contributed by atoms with Crippen LogP contribution in [0.4, 0.5) is 0 Å². The van der Waals surface area contributed by atoms with E-state index in [1.54, 1.807) is 19.2 Å². The molecule has 0 unspecified atom stereocenters. The SMILES string of the molecule is CCCn1nccc1CNC(=O)c1cc(-c2ccn(CC)n2)nc2onc(C)c12. The van der Waals surface area contributed by atoms with Crippen molar-refractivity contribution in [1.29, 1.82) is 0 Å². The molecule has 0 fully saturated rings. The minimum Gasteiger partial charge on any atom is -0.346 e. The van der Waals surface area contributed by atoms with E-state index in [1.807, 2.05) is 34.6 Å². The van der Waals surface area contributed by atoms with Gasteiger partial charge < -0.3 is 9.84 Å². The lowest BCUT2D eigenvalue weighted by molar-refractivity contribution is 0.0951. The van der Waals surface area contributed by atoms with E-state index in [1.165, 1.54) is 0 Å². The van der Waals surface area contributed by atoms with E-state index in [0.717, 1.165) is 25.2 Å². The van der Waals surface area contributed by atoms with Gasteiger partial charge in [-0.3, -0.25) is 14.2 Å². The Labute approximate surface area is 167 Å². The third-order valence-electron chi connectivity index (χ3n) is 4.76. The van der Waals surface area contributed by atoms with Gasteiger partial charge in [-0.2, -0.15) is 10.2 Å². The van der Waals surface area contributed by atoms with Crippen LogP contribution < -0.4 is 5.32 Å².